The fraction of sp³-hybridized carbons (Fsp3) is 0.688. The van der Waals surface area contributed by atoms with Crippen molar-refractivity contribution in [2.24, 2.45) is 11.3 Å². The van der Waals surface area contributed by atoms with Crippen LogP contribution in [0.3, 0.4) is 0 Å². The van der Waals surface area contributed by atoms with E-state index in [9.17, 15) is 0 Å². The molecular formula is C16H24ClN. The lowest BCUT2D eigenvalue weighted by molar-refractivity contribution is 0.127. The summed E-state index contributed by atoms with van der Waals surface area (Å²) >= 11 is 6.81. The minimum atomic E-state index is 0.225. The van der Waals surface area contributed by atoms with Gasteiger partial charge in [0.05, 0.1) is 0 Å². The maximum atomic E-state index is 6.81. The number of hydrogen-bond acceptors (Lipinski definition) is 1. The standard InChI is InChI=1S/C16H24ClN/c1-12(13-7-10-18-11-8-13)15(17)14-6-4-5-9-16(14,2)3/h7-8,10-12,14-15H,4-6,9H2,1-3H3. The molecule has 0 radical (unpaired) electrons. The molecule has 1 nitrogen and oxygen atoms in total. The van der Waals surface area contributed by atoms with Gasteiger partial charge in [-0.2, -0.15) is 0 Å². The molecular weight excluding hydrogens is 242 g/mol. The van der Waals surface area contributed by atoms with Gasteiger partial charge in [-0.25, -0.2) is 0 Å². The van der Waals surface area contributed by atoms with Crippen molar-refractivity contribution in [3.05, 3.63) is 30.1 Å². The molecule has 2 rings (SSSR count). The Morgan fingerprint density at radius 1 is 1.28 bits per heavy atom. The van der Waals surface area contributed by atoms with Crippen LogP contribution in [-0.2, 0) is 0 Å². The van der Waals surface area contributed by atoms with Crippen molar-refractivity contribution in [2.75, 3.05) is 0 Å². The quantitative estimate of drug-likeness (QED) is 0.700. The molecule has 1 aliphatic carbocycles. The van der Waals surface area contributed by atoms with Crippen molar-refractivity contribution in [2.45, 2.75) is 57.7 Å². The zero-order valence-corrected chi connectivity index (χ0v) is 12.5. The van der Waals surface area contributed by atoms with Gasteiger partial charge in [0.25, 0.3) is 0 Å². The highest BCUT2D eigenvalue weighted by Gasteiger charge is 2.38. The van der Waals surface area contributed by atoms with Crippen molar-refractivity contribution >= 4 is 11.6 Å². The third-order valence-electron chi connectivity index (χ3n) is 4.68. The summed E-state index contributed by atoms with van der Waals surface area (Å²) in [5.41, 5.74) is 1.69. The Bertz CT molecular complexity index is 374. The van der Waals surface area contributed by atoms with E-state index in [-0.39, 0.29) is 5.38 Å². The highest BCUT2D eigenvalue weighted by molar-refractivity contribution is 6.21. The zero-order valence-electron chi connectivity index (χ0n) is 11.7. The van der Waals surface area contributed by atoms with Gasteiger partial charge in [0, 0.05) is 17.8 Å². The predicted octanol–water partition coefficient (Wildman–Crippen LogP) is 5.01. The highest BCUT2D eigenvalue weighted by atomic mass is 35.5. The number of hydrogen-bond donors (Lipinski definition) is 0. The van der Waals surface area contributed by atoms with Crippen LogP contribution in [-0.4, -0.2) is 10.4 Å². The van der Waals surface area contributed by atoms with Crippen LogP contribution >= 0.6 is 11.6 Å². The minimum Gasteiger partial charge on any atom is -0.265 e. The molecule has 3 atom stereocenters. The molecule has 1 aromatic rings. The molecule has 0 aromatic carbocycles. The summed E-state index contributed by atoms with van der Waals surface area (Å²) in [7, 11) is 0. The van der Waals surface area contributed by atoms with Crippen LogP contribution in [0, 0.1) is 11.3 Å². The Balaban J connectivity index is 2.13. The van der Waals surface area contributed by atoms with E-state index in [1.165, 1.54) is 31.2 Å². The number of rotatable bonds is 3. The first-order chi connectivity index (χ1) is 8.52. The van der Waals surface area contributed by atoms with E-state index in [2.05, 4.69) is 37.9 Å². The van der Waals surface area contributed by atoms with E-state index < -0.39 is 0 Å². The molecule has 2 heteroatoms. The van der Waals surface area contributed by atoms with Crippen molar-refractivity contribution in [1.82, 2.24) is 4.98 Å². The molecule has 1 fully saturated rings. The average molecular weight is 266 g/mol. The van der Waals surface area contributed by atoms with Gasteiger partial charge in [-0.05, 0) is 47.8 Å². The van der Waals surface area contributed by atoms with E-state index in [1.807, 2.05) is 12.4 Å². The Kier molecular flexibility index (Phi) is 4.32. The molecule has 1 aliphatic rings. The first-order valence-corrected chi connectivity index (χ1v) is 7.50. The summed E-state index contributed by atoms with van der Waals surface area (Å²) in [6.07, 6.45) is 9.00. The lowest BCUT2D eigenvalue weighted by Gasteiger charge is -2.43. The lowest BCUT2D eigenvalue weighted by atomic mass is 9.65. The molecule has 3 unspecified atom stereocenters. The summed E-state index contributed by atoms with van der Waals surface area (Å²) in [6.45, 7) is 7.01. The fourth-order valence-electron chi connectivity index (χ4n) is 3.31. The number of pyridine rings is 1. The van der Waals surface area contributed by atoms with Gasteiger partial charge in [0.2, 0.25) is 0 Å². The molecule has 1 aromatic heterocycles. The summed E-state index contributed by atoms with van der Waals surface area (Å²) in [5, 5.41) is 0.225. The second-order valence-corrected chi connectivity index (χ2v) is 6.86. The minimum absolute atomic E-state index is 0.225. The summed E-state index contributed by atoms with van der Waals surface area (Å²) in [5.74, 6) is 1.02. The van der Waals surface area contributed by atoms with E-state index >= 15 is 0 Å². The van der Waals surface area contributed by atoms with Crippen LogP contribution in [0.1, 0.15) is 57.9 Å². The summed E-state index contributed by atoms with van der Waals surface area (Å²) in [4.78, 5) is 4.09. The lowest BCUT2D eigenvalue weighted by Crippen LogP contribution is -2.36. The van der Waals surface area contributed by atoms with Crippen molar-refractivity contribution in [3.8, 4) is 0 Å². The first-order valence-electron chi connectivity index (χ1n) is 7.06. The third-order valence-corrected chi connectivity index (χ3v) is 5.37. The van der Waals surface area contributed by atoms with Gasteiger partial charge < -0.3 is 0 Å². The Labute approximate surface area is 116 Å². The monoisotopic (exact) mass is 265 g/mol. The van der Waals surface area contributed by atoms with Crippen molar-refractivity contribution in [3.63, 3.8) is 0 Å². The van der Waals surface area contributed by atoms with Crippen LogP contribution in [0.15, 0.2) is 24.5 Å². The molecule has 0 bridgehead atoms. The Morgan fingerprint density at radius 2 is 1.94 bits per heavy atom. The second-order valence-electron chi connectivity index (χ2n) is 6.35. The SMILES string of the molecule is CC(c1ccncc1)C(Cl)C1CCCCC1(C)C. The number of alkyl halides is 1. The molecule has 0 amide bonds. The van der Waals surface area contributed by atoms with E-state index in [0.29, 0.717) is 17.3 Å². The van der Waals surface area contributed by atoms with Gasteiger partial charge in [-0.1, -0.05) is 33.6 Å². The van der Waals surface area contributed by atoms with Crippen LogP contribution in [0.4, 0.5) is 0 Å². The average Bonchev–Trinajstić information content (AvgIpc) is 2.37. The Hall–Kier alpha value is -0.560. The smallest absolute Gasteiger partial charge is 0.0435 e. The number of nitrogens with zero attached hydrogens (tertiary/aromatic N) is 1. The molecule has 0 saturated heterocycles. The van der Waals surface area contributed by atoms with E-state index in [0.717, 1.165) is 0 Å². The van der Waals surface area contributed by atoms with Gasteiger partial charge in [-0.15, -0.1) is 11.6 Å². The maximum absolute atomic E-state index is 6.81. The largest absolute Gasteiger partial charge is 0.265 e. The Morgan fingerprint density at radius 3 is 2.56 bits per heavy atom. The summed E-state index contributed by atoms with van der Waals surface area (Å²) in [6, 6.07) is 4.19. The maximum Gasteiger partial charge on any atom is 0.0435 e. The topological polar surface area (TPSA) is 12.9 Å². The molecule has 0 N–H and O–H groups in total. The van der Waals surface area contributed by atoms with Crippen LogP contribution < -0.4 is 0 Å². The number of aromatic nitrogens is 1. The van der Waals surface area contributed by atoms with E-state index in [1.54, 1.807) is 0 Å². The van der Waals surface area contributed by atoms with Crippen molar-refractivity contribution in [1.29, 1.82) is 0 Å². The third kappa shape index (κ3) is 2.88. The van der Waals surface area contributed by atoms with Gasteiger partial charge >= 0.3 is 0 Å². The van der Waals surface area contributed by atoms with Gasteiger partial charge in [-0.3, -0.25) is 4.98 Å². The van der Waals surface area contributed by atoms with Crippen molar-refractivity contribution < 1.29 is 0 Å². The van der Waals surface area contributed by atoms with Gasteiger partial charge in [0.1, 0.15) is 0 Å². The highest BCUT2D eigenvalue weighted by Crippen LogP contribution is 2.47. The molecule has 1 saturated carbocycles. The molecule has 18 heavy (non-hydrogen) atoms. The fourth-order valence-corrected chi connectivity index (χ4v) is 3.92. The molecule has 0 aliphatic heterocycles. The van der Waals surface area contributed by atoms with Crippen LogP contribution in [0.2, 0.25) is 0 Å². The molecule has 0 spiro atoms. The number of halogens is 1. The summed E-state index contributed by atoms with van der Waals surface area (Å²) < 4.78 is 0. The van der Waals surface area contributed by atoms with Gasteiger partial charge in [0.15, 0.2) is 0 Å². The van der Waals surface area contributed by atoms with E-state index in [4.69, 9.17) is 11.6 Å². The predicted molar refractivity (Wildman–Crippen MR) is 78.0 cm³/mol. The zero-order chi connectivity index (χ0) is 13.2. The second kappa shape index (κ2) is 5.61. The van der Waals surface area contributed by atoms with Crippen LogP contribution in [0.25, 0.3) is 0 Å². The molecule has 100 valence electrons. The molecule has 1 heterocycles. The first kappa shape index (κ1) is 13.9. The normalized spacial score (nSPS) is 26.6. The van der Waals surface area contributed by atoms with Crippen LogP contribution in [0.5, 0.6) is 0 Å².